The lowest BCUT2D eigenvalue weighted by Crippen LogP contribution is -2.29. The van der Waals surface area contributed by atoms with Gasteiger partial charge in [0.05, 0.1) is 12.3 Å². The standard InChI is InChI=1S/C13H20N2O/c1-11-4-2-6-15-13(11)9-14-8-12-5-3-7-16-10-12/h2,4,6,12,14H,3,5,7-10H2,1H3. The van der Waals surface area contributed by atoms with Gasteiger partial charge in [0.1, 0.15) is 0 Å². The van der Waals surface area contributed by atoms with E-state index in [1.165, 1.54) is 18.4 Å². The smallest absolute Gasteiger partial charge is 0.0570 e. The van der Waals surface area contributed by atoms with Gasteiger partial charge in [-0.2, -0.15) is 0 Å². The Labute approximate surface area is 97.2 Å². The fourth-order valence-electron chi connectivity index (χ4n) is 2.07. The molecule has 16 heavy (non-hydrogen) atoms. The van der Waals surface area contributed by atoms with Gasteiger partial charge < -0.3 is 10.1 Å². The Bertz CT molecular complexity index is 321. The molecule has 1 unspecified atom stereocenters. The Kier molecular flexibility index (Phi) is 4.31. The lowest BCUT2D eigenvalue weighted by Gasteiger charge is -2.22. The molecule has 1 saturated heterocycles. The summed E-state index contributed by atoms with van der Waals surface area (Å²) < 4.78 is 5.45. The van der Waals surface area contributed by atoms with Crippen molar-refractivity contribution in [2.24, 2.45) is 5.92 Å². The minimum absolute atomic E-state index is 0.678. The Balaban J connectivity index is 1.73. The van der Waals surface area contributed by atoms with Crippen molar-refractivity contribution in [1.29, 1.82) is 0 Å². The number of ether oxygens (including phenoxy) is 1. The van der Waals surface area contributed by atoms with Crippen LogP contribution in [0, 0.1) is 12.8 Å². The molecular weight excluding hydrogens is 200 g/mol. The summed E-state index contributed by atoms with van der Waals surface area (Å²) >= 11 is 0. The summed E-state index contributed by atoms with van der Waals surface area (Å²) in [6, 6.07) is 4.08. The summed E-state index contributed by atoms with van der Waals surface area (Å²) in [6.07, 6.45) is 4.34. The molecule has 0 aromatic carbocycles. The fraction of sp³-hybridized carbons (Fsp3) is 0.615. The van der Waals surface area contributed by atoms with E-state index in [0.29, 0.717) is 5.92 Å². The number of hydrogen-bond acceptors (Lipinski definition) is 3. The second-order valence-corrected chi connectivity index (χ2v) is 4.48. The van der Waals surface area contributed by atoms with Crippen LogP contribution in [0.3, 0.4) is 0 Å². The molecule has 0 spiro atoms. The van der Waals surface area contributed by atoms with E-state index in [4.69, 9.17) is 4.74 Å². The molecule has 0 aliphatic carbocycles. The van der Waals surface area contributed by atoms with Gasteiger partial charge in [0.2, 0.25) is 0 Å². The molecule has 0 saturated carbocycles. The van der Waals surface area contributed by atoms with Gasteiger partial charge in [-0.3, -0.25) is 4.98 Å². The van der Waals surface area contributed by atoms with Crippen LogP contribution in [0.4, 0.5) is 0 Å². The molecule has 3 nitrogen and oxygen atoms in total. The molecule has 0 radical (unpaired) electrons. The molecule has 2 heterocycles. The van der Waals surface area contributed by atoms with Crippen molar-refractivity contribution >= 4 is 0 Å². The van der Waals surface area contributed by atoms with Crippen LogP contribution < -0.4 is 5.32 Å². The minimum atomic E-state index is 0.678. The average Bonchev–Trinajstić information content (AvgIpc) is 2.33. The number of nitrogens with zero attached hydrogens (tertiary/aromatic N) is 1. The number of pyridine rings is 1. The second-order valence-electron chi connectivity index (χ2n) is 4.48. The van der Waals surface area contributed by atoms with Crippen LogP contribution in [-0.4, -0.2) is 24.7 Å². The zero-order valence-electron chi connectivity index (χ0n) is 9.91. The van der Waals surface area contributed by atoms with E-state index >= 15 is 0 Å². The van der Waals surface area contributed by atoms with Crippen LogP contribution >= 0.6 is 0 Å². The molecule has 2 rings (SSSR count). The Hall–Kier alpha value is -0.930. The first kappa shape index (κ1) is 11.6. The van der Waals surface area contributed by atoms with Crippen LogP contribution in [0.5, 0.6) is 0 Å². The molecular formula is C13H20N2O. The molecule has 1 aromatic heterocycles. The van der Waals surface area contributed by atoms with Crippen molar-refractivity contribution < 1.29 is 4.74 Å². The van der Waals surface area contributed by atoms with Gasteiger partial charge in [0.25, 0.3) is 0 Å². The van der Waals surface area contributed by atoms with E-state index in [2.05, 4.69) is 23.3 Å². The molecule has 0 amide bonds. The molecule has 1 aliphatic heterocycles. The zero-order valence-corrected chi connectivity index (χ0v) is 9.91. The monoisotopic (exact) mass is 220 g/mol. The van der Waals surface area contributed by atoms with Gasteiger partial charge in [-0.05, 0) is 37.3 Å². The molecule has 1 fully saturated rings. The largest absolute Gasteiger partial charge is 0.381 e. The predicted octanol–water partition coefficient (Wildman–Crippen LogP) is 1.91. The molecule has 3 heteroatoms. The van der Waals surface area contributed by atoms with Gasteiger partial charge >= 0.3 is 0 Å². The third-order valence-corrected chi connectivity index (χ3v) is 3.10. The molecule has 0 bridgehead atoms. The second kappa shape index (κ2) is 5.97. The van der Waals surface area contributed by atoms with Crippen molar-refractivity contribution in [3.63, 3.8) is 0 Å². The van der Waals surface area contributed by atoms with Crippen LogP contribution in [0.1, 0.15) is 24.1 Å². The minimum Gasteiger partial charge on any atom is -0.381 e. The van der Waals surface area contributed by atoms with E-state index in [1.807, 2.05) is 12.3 Å². The fourth-order valence-corrected chi connectivity index (χ4v) is 2.07. The molecule has 1 aromatic rings. The van der Waals surface area contributed by atoms with Gasteiger partial charge in [0, 0.05) is 25.9 Å². The Morgan fingerprint density at radius 3 is 3.25 bits per heavy atom. The van der Waals surface area contributed by atoms with E-state index in [9.17, 15) is 0 Å². The lowest BCUT2D eigenvalue weighted by molar-refractivity contribution is 0.0547. The number of hydrogen-bond donors (Lipinski definition) is 1. The average molecular weight is 220 g/mol. The van der Waals surface area contributed by atoms with Crippen LogP contribution in [-0.2, 0) is 11.3 Å². The summed E-state index contributed by atoms with van der Waals surface area (Å²) in [6.45, 7) is 5.86. The van der Waals surface area contributed by atoms with Crippen LogP contribution in [0.2, 0.25) is 0 Å². The zero-order chi connectivity index (χ0) is 11.2. The summed E-state index contributed by atoms with van der Waals surface area (Å²) in [7, 11) is 0. The van der Waals surface area contributed by atoms with Crippen molar-refractivity contribution in [3.8, 4) is 0 Å². The van der Waals surface area contributed by atoms with E-state index in [-0.39, 0.29) is 0 Å². The highest BCUT2D eigenvalue weighted by atomic mass is 16.5. The third kappa shape index (κ3) is 3.29. The lowest BCUT2D eigenvalue weighted by atomic mass is 10.0. The maximum absolute atomic E-state index is 5.45. The first-order chi connectivity index (χ1) is 7.86. The van der Waals surface area contributed by atoms with Crippen LogP contribution in [0.25, 0.3) is 0 Å². The summed E-state index contributed by atoms with van der Waals surface area (Å²) in [5, 5.41) is 3.47. The van der Waals surface area contributed by atoms with Gasteiger partial charge in [-0.15, -0.1) is 0 Å². The molecule has 1 N–H and O–H groups in total. The van der Waals surface area contributed by atoms with E-state index in [0.717, 1.165) is 32.0 Å². The SMILES string of the molecule is Cc1cccnc1CNCC1CCCOC1. The van der Waals surface area contributed by atoms with E-state index < -0.39 is 0 Å². The van der Waals surface area contributed by atoms with Crippen molar-refractivity contribution in [2.75, 3.05) is 19.8 Å². The third-order valence-electron chi connectivity index (χ3n) is 3.10. The number of rotatable bonds is 4. The van der Waals surface area contributed by atoms with Gasteiger partial charge in [-0.1, -0.05) is 6.07 Å². The highest BCUT2D eigenvalue weighted by molar-refractivity contribution is 5.17. The summed E-state index contributed by atoms with van der Waals surface area (Å²) in [5.74, 6) is 0.678. The summed E-state index contributed by atoms with van der Waals surface area (Å²) in [4.78, 5) is 4.37. The maximum Gasteiger partial charge on any atom is 0.0570 e. The molecule has 88 valence electrons. The van der Waals surface area contributed by atoms with Crippen molar-refractivity contribution in [3.05, 3.63) is 29.6 Å². The maximum atomic E-state index is 5.45. The number of aromatic nitrogens is 1. The Morgan fingerprint density at radius 1 is 1.56 bits per heavy atom. The number of nitrogens with one attached hydrogen (secondary N) is 1. The van der Waals surface area contributed by atoms with Crippen LogP contribution in [0.15, 0.2) is 18.3 Å². The molecule has 1 atom stereocenters. The predicted molar refractivity (Wildman–Crippen MR) is 64.2 cm³/mol. The van der Waals surface area contributed by atoms with E-state index in [1.54, 1.807) is 0 Å². The van der Waals surface area contributed by atoms with Gasteiger partial charge in [-0.25, -0.2) is 0 Å². The topological polar surface area (TPSA) is 34.2 Å². The first-order valence-corrected chi connectivity index (χ1v) is 6.05. The first-order valence-electron chi connectivity index (χ1n) is 6.05. The Morgan fingerprint density at radius 2 is 2.50 bits per heavy atom. The highest BCUT2D eigenvalue weighted by Gasteiger charge is 2.13. The summed E-state index contributed by atoms with van der Waals surface area (Å²) in [5.41, 5.74) is 2.41. The highest BCUT2D eigenvalue weighted by Crippen LogP contribution is 2.12. The van der Waals surface area contributed by atoms with Gasteiger partial charge in [0.15, 0.2) is 0 Å². The van der Waals surface area contributed by atoms with Crippen molar-refractivity contribution in [1.82, 2.24) is 10.3 Å². The molecule has 1 aliphatic rings. The van der Waals surface area contributed by atoms with Crippen molar-refractivity contribution in [2.45, 2.75) is 26.3 Å². The normalized spacial score (nSPS) is 20.9. The quantitative estimate of drug-likeness (QED) is 0.841. The number of aryl methyl sites for hydroxylation is 1.